The lowest BCUT2D eigenvalue weighted by Crippen LogP contribution is -2.41. The number of anilines is 1. The molecule has 0 fully saturated rings. The molecule has 4 rings (SSSR count). The van der Waals surface area contributed by atoms with E-state index in [1.807, 2.05) is 44.2 Å². The van der Waals surface area contributed by atoms with E-state index in [-0.39, 0.29) is 18.7 Å². The number of carbonyl (C=O) groups excluding carboxylic acids is 2. The van der Waals surface area contributed by atoms with E-state index in [0.29, 0.717) is 21.8 Å². The molecule has 0 spiro atoms. The van der Waals surface area contributed by atoms with E-state index in [1.54, 1.807) is 30.3 Å². The van der Waals surface area contributed by atoms with Crippen LogP contribution in [0.1, 0.15) is 39.0 Å². The number of nitrogens with zero attached hydrogens (tertiary/aromatic N) is 1. The summed E-state index contributed by atoms with van der Waals surface area (Å²) in [5, 5.41) is 12.2. The van der Waals surface area contributed by atoms with Crippen LogP contribution in [0.25, 0.3) is 0 Å². The molecule has 3 aromatic carbocycles. The van der Waals surface area contributed by atoms with Crippen molar-refractivity contribution in [1.82, 2.24) is 0 Å². The van der Waals surface area contributed by atoms with Crippen molar-refractivity contribution in [2.45, 2.75) is 32.4 Å². The Morgan fingerprint density at radius 2 is 1.77 bits per heavy atom. The first kappa shape index (κ1) is 21.8. The summed E-state index contributed by atoms with van der Waals surface area (Å²) < 4.78 is 0.727. The van der Waals surface area contributed by atoms with E-state index < -0.39 is 11.5 Å². The summed E-state index contributed by atoms with van der Waals surface area (Å²) in [7, 11) is 0. The highest BCUT2D eigenvalue weighted by Gasteiger charge is 2.51. The number of benzene rings is 3. The Labute approximate surface area is 194 Å². The van der Waals surface area contributed by atoms with Crippen molar-refractivity contribution < 1.29 is 14.7 Å². The largest absolute Gasteiger partial charge is 0.375 e. The second-order valence-corrected chi connectivity index (χ2v) is 9.31. The molecule has 0 aliphatic carbocycles. The smallest absolute Gasteiger partial charge is 0.264 e. The topological polar surface area (TPSA) is 57.6 Å². The minimum absolute atomic E-state index is 0.267. The van der Waals surface area contributed by atoms with E-state index in [1.165, 1.54) is 4.90 Å². The molecule has 0 aromatic heterocycles. The van der Waals surface area contributed by atoms with Gasteiger partial charge in [-0.25, -0.2) is 0 Å². The summed E-state index contributed by atoms with van der Waals surface area (Å²) in [6, 6.07) is 18.1. The summed E-state index contributed by atoms with van der Waals surface area (Å²) in [6.07, 6.45) is -0.323. The molecule has 1 aliphatic heterocycles. The number of carbonyl (C=O) groups is 2. The second-order valence-electron chi connectivity index (χ2n) is 7.96. The first-order chi connectivity index (χ1) is 14.7. The van der Waals surface area contributed by atoms with Gasteiger partial charge in [-0.2, -0.15) is 0 Å². The fourth-order valence-electron chi connectivity index (χ4n) is 3.99. The van der Waals surface area contributed by atoms with E-state index >= 15 is 0 Å². The SMILES string of the molecule is Cc1ccc(C)c(C(=O)CC2(O)C(=O)N(Cc3ccc(Cl)cc3)c3ccc(Br)cc32)c1. The van der Waals surface area contributed by atoms with Crippen molar-refractivity contribution in [3.63, 3.8) is 0 Å². The van der Waals surface area contributed by atoms with Crippen molar-refractivity contribution in [2.24, 2.45) is 0 Å². The highest BCUT2D eigenvalue weighted by atomic mass is 79.9. The van der Waals surface area contributed by atoms with Crippen molar-refractivity contribution in [2.75, 3.05) is 4.90 Å². The van der Waals surface area contributed by atoms with Crippen LogP contribution in [-0.4, -0.2) is 16.8 Å². The maximum atomic E-state index is 13.5. The molecule has 31 heavy (non-hydrogen) atoms. The van der Waals surface area contributed by atoms with Gasteiger partial charge in [-0.3, -0.25) is 9.59 Å². The molecule has 0 radical (unpaired) electrons. The number of aliphatic hydroxyl groups is 1. The first-order valence-corrected chi connectivity index (χ1v) is 11.1. The highest BCUT2D eigenvalue weighted by molar-refractivity contribution is 9.10. The maximum absolute atomic E-state index is 13.5. The molecule has 0 bridgehead atoms. The van der Waals surface area contributed by atoms with Crippen LogP contribution in [0.4, 0.5) is 5.69 Å². The predicted octanol–water partition coefficient (Wildman–Crippen LogP) is 5.73. The van der Waals surface area contributed by atoms with Gasteiger partial charge in [0.05, 0.1) is 18.7 Å². The minimum atomic E-state index is -1.93. The van der Waals surface area contributed by atoms with Gasteiger partial charge in [-0.15, -0.1) is 0 Å². The third-order valence-electron chi connectivity index (χ3n) is 5.66. The quantitative estimate of drug-likeness (QED) is 0.457. The fourth-order valence-corrected chi connectivity index (χ4v) is 4.47. The molecule has 1 atom stereocenters. The lowest BCUT2D eigenvalue weighted by atomic mass is 9.87. The van der Waals surface area contributed by atoms with E-state index in [2.05, 4.69) is 15.9 Å². The van der Waals surface area contributed by atoms with Crippen LogP contribution in [0.3, 0.4) is 0 Å². The molecule has 3 aromatic rings. The number of Topliss-reactive ketones (excluding diaryl/α,β-unsaturated/α-hetero) is 1. The number of fused-ring (bicyclic) bond motifs is 1. The van der Waals surface area contributed by atoms with Gasteiger partial charge < -0.3 is 10.0 Å². The van der Waals surface area contributed by atoms with Crippen molar-refractivity contribution >= 4 is 44.9 Å². The Balaban J connectivity index is 1.72. The van der Waals surface area contributed by atoms with Gasteiger partial charge in [0.15, 0.2) is 11.4 Å². The molecule has 1 heterocycles. The summed E-state index contributed by atoms with van der Waals surface area (Å²) in [4.78, 5) is 28.2. The third kappa shape index (κ3) is 4.05. The molecule has 1 aliphatic rings. The summed E-state index contributed by atoms with van der Waals surface area (Å²) >= 11 is 9.40. The molecular weight excluding hydrogens is 478 g/mol. The van der Waals surface area contributed by atoms with E-state index in [9.17, 15) is 14.7 Å². The van der Waals surface area contributed by atoms with Crippen LogP contribution < -0.4 is 4.90 Å². The Hall–Kier alpha value is -2.47. The van der Waals surface area contributed by atoms with Gasteiger partial charge in [-0.1, -0.05) is 57.4 Å². The normalized spacial score (nSPS) is 17.7. The molecule has 1 amide bonds. The fraction of sp³-hybridized carbons (Fsp3) is 0.200. The zero-order chi connectivity index (χ0) is 22.3. The van der Waals surface area contributed by atoms with Gasteiger partial charge in [0.2, 0.25) is 0 Å². The number of ketones is 1. The summed E-state index contributed by atoms with van der Waals surface area (Å²) in [5.41, 5.74) is 2.26. The Kier molecular flexibility index (Phi) is 5.77. The molecule has 1 N–H and O–H groups in total. The average molecular weight is 499 g/mol. The summed E-state index contributed by atoms with van der Waals surface area (Å²) in [6.45, 7) is 4.03. The molecule has 0 saturated heterocycles. The van der Waals surface area contributed by atoms with Crippen LogP contribution in [0.2, 0.25) is 5.02 Å². The Morgan fingerprint density at radius 3 is 2.48 bits per heavy atom. The van der Waals surface area contributed by atoms with E-state index in [0.717, 1.165) is 21.2 Å². The van der Waals surface area contributed by atoms with E-state index in [4.69, 9.17) is 11.6 Å². The highest BCUT2D eigenvalue weighted by Crippen LogP contribution is 2.45. The van der Waals surface area contributed by atoms with Gasteiger partial charge in [0, 0.05) is 20.6 Å². The van der Waals surface area contributed by atoms with Gasteiger partial charge in [0.25, 0.3) is 5.91 Å². The van der Waals surface area contributed by atoms with Crippen LogP contribution in [0, 0.1) is 13.8 Å². The minimum Gasteiger partial charge on any atom is -0.375 e. The molecule has 4 nitrogen and oxygen atoms in total. The Morgan fingerprint density at radius 1 is 1.06 bits per heavy atom. The lowest BCUT2D eigenvalue weighted by Gasteiger charge is -2.23. The second kappa shape index (κ2) is 8.23. The molecule has 158 valence electrons. The monoisotopic (exact) mass is 497 g/mol. The Bertz CT molecular complexity index is 1190. The number of hydrogen-bond donors (Lipinski definition) is 1. The molecule has 1 unspecified atom stereocenters. The number of hydrogen-bond acceptors (Lipinski definition) is 3. The zero-order valence-electron chi connectivity index (χ0n) is 17.2. The summed E-state index contributed by atoms with van der Waals surface area (Å²) in [5.74, 6) is -0.773. The van der Waals surface area contributed by atoms with Crippen molar-refractivity contribution in [3.05, 3.63) is 98.0 Å². The molecular formula is C25H21BrClNO3. The van der Waals surface area contributed by atoms with Crippen LogP contribution in [0.15, 0.2) is 65.1 Å². The van der Waals surface area contributed by atoms with Gasteiger partial charge in [0.1, 0.15) is 0 Å². The zero-order valence-corrected chi connectivity index (χ0v) is 19.5. The average Bonchev–Trinajstić information content (AvgIpc) is 2.92. The number of amides is 1. The van der Waals surface area contributed by atoms with Crippen LogP contribution in [-0.2, 0) is 16.9 Å². The number of halogens is 2. The maximum Gasteiger partial charge on any atom is 0.264 e. The number of aryl methyl sites for hydroxylation is 2. The van der Waals surface area contributed by atoms with Crippen LogP contribution in [0.5, 0.6) is 0 Å². The van der Waals surface area contributed by atoms with Gasteiger partial charge in [-0.05, 0) is 61.4 Å². The third-order valence-corrected chi connectivity index (χ3v) is 6.40. The molecule has 0 saturated carbocycles. The standard InChI is InChI=1S/C25H21BrClNO3/c1-15-3-4-16(2)20(11-15)23(29)13-25(31)21-12-18(26)7-10-22(21)28(24(25)30)14-17-5-8-19(27)9-6-17/h3-12,31H,13-14H2,1-2H3. The molecule has 6 heteroatoms. The first-order valence-electron chi connectivity index (χ1n) is 9.88. The van der Waals surface area contributed by atoms with Crippen LogP contribution >= 0.6 is 27.5 Å². The predicted molar refractivity (Wildman–Crippen MR) is 126 cm³/mol. The van der Waals surface area contributed by atoms with Crippen molar-refractivity contribution in [1.29, 1.82) is 0 Å². The lowest BCUT2D eigenvalue weighted by molar-refractivity contribution is -0.136. The van der Waals surface area contributed by atoms with Crippen molar-refractivity contribution in [3.8, 4) is 0 Å². The number of rotatable bonds is 5. The van der Waals surface area contributed by atoms with Gasteiger partial charge >= 0.3 is 0 Å².